The van der Waals surface area contributed by atoms with Gasteiger partial charge in [0.1, 0.15) is 0 Å². The summed E-state index contributed by atoms with van der Waals surface area (Å²) in [5.74, 6) is 0. The highest BCUT2D eigenvalue weighted by molar-refractivity contribution is 5.16. The van der Waals surface area contributed by atoms with Crippen LogP contribution in [0.15, 0.2) is 42.9 Å². The van der Waals surface area contributed by atoms with E-state index in [-0.39, 0.29) is 6.61 Å². The average molecular weight is 278 g/mol. The van der Waals surface area contributed by atoms with Crippen LogP contribution in [0.2, 0.25) is 0 Å². The van der Waals surface area contributed by atoms with Gasteiger partial charge in [-0.2, -0.15) is 0 Å². The Hall–Kier alpha value is -1.61. The van der Waals surface area contributed by atoms with Crippen LogP contribution in [0.4, 0.5) is 0 Å². The summed E-state index contributed by atoms with van der Waals surface area (Å²) in [5, 5.41) is 9.02. The van der Waals surface area contributed by atoms with Crippen molar-refractivity contribution in [3.8, 4) is 0 Å². The smallest absolute Gasteiger partial charge is 0.0952 e. The van der Waals surface area contributed by atoms with Gasteiger partial charge in [-0.25, -0.2) is 4.98 Å². The van der Waals surface area contributed by atoms with Gasteiger partial charge < -0.3 is 9.67 Å². The maximum atomic E-state index is 9.02. The van der Waals surface area contributed by atoms with Gasteiger partial charge in [0.05, 0.1) is 24.8 Å². The molecule has 0 amide bonds. The molecule has 0 aliphatic carbocycles. The van der Waals surface area contributed by atoms with Crippen molar-refractivity contribution >= 4 is 0 Å². The second-order valence-corrected chi connectivity index (χ2v) is 3.16. The van der Waals surface area contributed by atoms with Crippen molar-refractivity contribution in [2.45, 2.75) is 54.7 Å². The Kier molecular flexibility index (Phi) is 16.0. The fraction of sp³-hybridized carbons (Fsp3) is 0.471. The summed E-state index contributed by atoms with van der Waals surface area (Å²) in [4.78, 5) is 3.99. The lowest BCUT2D eigenvalue weighted by Crippen LogP contribution is -2.02. The number of hydrogen-bond acceptors (Lipinski definition) is 2. The Morgan fingerprint density at radius 1 is 0.950 bits per heavy atom. The highest BCUT2D eigenvalue weighted by atomic mass is 16.3. The topological polar surface area (TPSA) is 38.1 Å². The summed E-state index contributed by atoms with van der Waals surface area (Å²) in [6, 6.07) is 10.1. The normalized spacial score (nSPS) is 8.15. The number of aliphatic hydroxyl groups excluding tert-OH is 1. The van der Waals surface area contributed by atoms with Gasteiger partial charge >= 0.3 is 0 Å². The van der Waals surface area contributed by atoms with Gasteiger partial charge in [0, 0.05) is 6.54 Å². The number of benzene rings is 1. The minimum absolute atomic E-state index is 0.0346. The fourth-order valence-electron chi connectivity index (χ4n) is 1.40. The molecule has 0 saturated carbocycles. The lowest BCUT2D eigenvalue weighted by Gasteiger charge is -2.05. The van der Waals surface area contributed by atoms with Crippen LogP contribution in [0.3, 0.4) is 0 Å². The predicted octanol–water partition coefficient (Wildman–Crippen LogP) is 4.50. The largest absolute Gasteiger partial charge is 0.390 e. The highest BCUT2D eigenvalue weighted by Crippen LogP contribution is 2.05. The minimum Gasteiger partial charge on any atom is -0.390 e. The summed E-state index contributed by atoms with van der Waals surface area (Å²) in [6.45, 7) is 12.8. The first-order valence-corrected chi connectivity index (χ1v) is 7.54. The van der Waals surface area contributed by atoms with E-state index in [2.05, 4.69) is 17.1 Å². The minimum atomic E-state index is 0.0346. The average Bonchev–Trinajstić information content (AvgIpc) is 3.01. The third kappa shape index (κ3) is 7.74. The number of aliphatic hydroxyl groups is 1. The molecule has 1 aromatic carbocycles. The van der Waals surface area contributed by atoms with Gasteiger partial charge in [-0.3, -0.25) is 0 Å². The molecule has 0 saturated heterocycles. The number of rotatable bonds is 3. The molecule has 114 valence electrons. The molecule has 0 bridgehead atoms. The summed E-state index contributed by atoms with van der Waals surface area (Å²) in [5.41, 5.74) is 2.05. The molecule has 2 aromatic rings. The van der Waals surface area contributed by atoms with Crippen molar-refractivity contribution < 1.29 is 5.11 Å². The second kappa shape index (κ2) is 15.4. The van der Waals surface area contributed by atoms with E-state index in [0.29, 0.717) is 0 Å². The molecule has 3 heteroatoms. The molecular weight excluding hydrogens is 248 g/mol. The van der Waals surface area contributed by atoms with E-state index in [1.54, 1.807) is 12.5 Å². The molecule has 0 atom stereocenters. The fourth-order valence-corrected chi connectivity index (χ4v) is 1.40. The predicted molar refractivity (Wildman–Crippen MR) is 87.7 cm³/mol. The zero-order valence-corrected chi connectivity index (χ0v) is 13.8. The van der Waals surface area contributed by atoms with Crippen LogP contribution in [0.1, 0.15) is 52.8 Å². The first-order valence-electron chi connectivity index (χ1n) is 7.54. The van der Waals surface area contributed by atoms with Crippen LogP contribution < -0.4 is 0 Å². The van der Waals surface area contributed by atoms with Crippen LogP contribution >= 0.6 is 0 Å². The van der Waals surface area contributed by atoms with Crippen molar-refractivity contribution in [1.82, 2.24) is 9.55 Å². The van der Waals surface area contributed by atoms with Crippen LogP contribution in [-0.4, -0.2) is 14.7 Å². The molecule has 0 radical (unpaired) electrons. The Morgan fingerprint density at radius 2 is 1.50 bits per heavy atom. The molecular formula is C17H30N2O. The second-order valence-electron chi connectivity index (χ2n) is 3.16. The number of aromatic nitrogens is 2. The highest BCUT2D eigenvalue weighted by Gasteiger charge is 2.00. The van der Waals surface area contributed by atoms with Gasteiger partial charge in [-0.15, -0.1) is 0 Å². The molecule has 0 aliphatic heterocycles. The molecule has 0 aliphatic rings. The number of hydrogen-bond donors (Lipinski definition) is 1. The third-order valence-electron chi connectivity index (χ3n) is 2.16. The number of nitrogens with zero attached hydrogens (tertiary/aromatic N) is 2. The first kappa shape index (κ1) is 20.7. The molecule has 0 spiro atoms. The van der Waals surface area contributed by atoms with Gasteiger partial charge in [0.25, 0.3) is 0 Å². The van der Waals surface area contributed by atoms with Crippen molar-refractivity contribution in [2.75, 3.05) is 0 Å². The van der Waals surface area contributed by atoms with Crippen LogP contribution in [-0.2, 0) is 13.2 Å². The van der Waals surface area contributed by atoms with Gasteiger partial charge in [0.15, 0.2) is 0 Å². The number of imidazole rings is 1. The maximum Gasteiger partial charge on any atom is 0.0952 e. The zero-order valence-electron chi connectivity index (χ0n) is 13.8. The molecule has 2 rings (SSSR count). The summed E-state index contributed by atoms with van der Waals surface area (Å²) in [7, 11) is 0. The van der Waals surface area contributed by atoms with E-state index >= 15 is 0 Å². The van der Waals surface area contributed by atoms with Crippen LogP contribution in [0, 0.1) is 0 Å². The van der Waals surface area contributed by atoms with Crippen molar-refractivity contribution in [3.05, 3.63) is 54.1 Å². The molecule has 1 N–H and O–H groups in total. The zero-order chi connectivity index (χ0) is 15.8. The standard InChI is InChI=1S/C11H12N2O.3C2H6/c14-8-11-6-12-9-13(11)7-10-4-2-1-3-5-10;3*1-2/h1-6,9,14H,7-8H2;3*1-2H3. The Labute approximate surface area is 124 Å². The third-order valence-corrected chi connectivity index (χ3v) is 2.16. The Balaban J connectivity index is 0. The lowest BCUT2D eigenvalue weighted by atomic mass is 10.2. The van der Waals surface area contributed by atoms with Crippen LogP contribution in [0.25, 0.3) is 0 Å². The summed E-state index contributed by atoms with van der Waals surface area (Å²) >= 11 is 0. The molecule has 0 unspecified atom stereocenters. The van der Waals surface area contributed by atoms with Crippen molar-refractivity contribution in [3.63, 3.8) is 0 Å². The Morgan fingerprint density at radius 3 is 2.00 bits per heavy atom. The van der Waals surface area contributed by atoms with E-state index < -0.39 is 0 Å². The summed E-state index contributed by atoms with van der Waals surface area (Å²) in [6.07, 6.45) is 3.42. The monoisotopic (exact) mass is 278 g/mol. The van der Waals surface area contributed by atoms with Gasteiger partial charge in [-0.05, 0) is 5.56 Å². The van der Waals surface area contributed by atoms with E-state index in [1.807, 2.05) is 64.3 Å². The van der Waals surface area contributed by atoms with Crippen LogP contribution in [0.5, 0.6) is 0 Å². The molecule has 1 heterocycles. The van der Waals surface area contributed by atoms with E-state index in [1.165, 1.54) is 5.56 Å². The Bertz CT molecular complexity index is 396. The maximum absolute atomic E-state index is 9.02. The van der Waals surface area contributed by atoms with E-state index in [0.717, 1.165) is 12.2 Å². The van der Waals surface area contributed by atoms with Crippen molar-refractivity contribution in [2.24, 2.45) is 0 Å². The molecule has 0 fully saturated rings. The SMILES string of the molecule is CC.CC.CC.OCc1cncn1Cc1ccccc1. The quantitative estimate of drug-likeness (QED) is 0.897. The molecule has 3 nitrogen and oxygen atoms in total. The molecule has 20 heavy (non-hydrogen) atoms. The van der Waals surface area contributed by atoms with Gasteiger partial charge in [-0.1, -0.05) is 71.9 Å². The van der Waals surface area contributed by atoms with E-state index in [4.69, 9.17) is 5.11 Å². The van der Waals surface area contributed by atoms with Gasteiger partial charge in [0.2, 0.25) is 0 Å². The first-order chi connectivity index (χ1) is 9.90. The summed E-state index contributed by atoms with van der Waals surface area (Å²) < 4.78 is 1.94. The van der Waals surface area contributed by atoms with E-state index in [9.17, 15) is 0 Å². The lowest BCUT2D eigenvalue weighted by molar-refractivity contribution is 0.271. The molecule has 1 aromatic heterocycles. The van der Waals surface area contributed by atoms with Crippen molar-refractivity contribution in [1.29, 1.82) is 0 Å².